The fourth-order valence-corrected chi connectivity index (χ4v) is 1.15. The molecule has 0 bridgehead atoms. The summed E-state index contributed by atoms with van der Waals surface area (Å²) in [5.41, 5.74) is 0.476. The lowest BCUT2D eigenvalue weighted by atomic mass is 10.0. The highest BCUT2D eigenvalue weighted by Crippen LogP contribution is 2.20. The smallest absolute Gasteiger partial charge is 0.213 e. The molecule has 1 rings (SSSR count). The number of hydrogen-bond acceptors (Lipinski definition) is 5. The number of aliphatic hydroxyl groups is 2. The first-order valence-electron chi connectivity index (χ1n) is 4.42. The van der Waals surface area contributed by atoms with Crippen LogP contribution in [-0.4, -0.2) is 28.4 Å². The number of pyridine rings is 1. The van der Waals surface area contributed by atoms with Crippen LogP contribution >= 0.6 is 0 Å². The summed E-state index contributed by atoms with van der Waals surface area (Å²) in [7, 11) is 1.46. The summed E-state index contributed by atoms with van der Waals surface area (Å²) in [4.78, 5) is 3.87. The zero-order chi connectivity index (χ0) is 11.3. The van der Waals surface area contributed by atoms with E-state index in [1.54, 1.807) is 12.1 Å². The number of nitriles is 1. The number of hydrogen-bond donors (Lipinski definition) is 2. The lowest BCUT2D eigenvalue weighted by Gasteiger charge is -2.15. The van der Waals surface area contributed by atoms with Crippen LogP contribution < -0.4 is 4.74 Å². The van der Waals surface area contributed by atoms with E-state index in [0.29, 0.717) is 11.4 Å². The van der Waals surface area contributed by atoms with E-state index in [0.717, 1.165) is 0 Å². The van der Waals surface area contributed by atoms with Crippen molar-refractivity contribution in [2.24, 2.45) is 0 Å². The van der Waals surface area contributed by atoms with Gasteiger partial charge in [0.25, 0.3) is 0 Å². The summed E-state index contributed by atoms with van der Waals surface area (Å²) < 4.78 is 4.88. The highest BCUT2D eigenvalue weighted by Gasteiger charge is 2.18. The number of rotatable bonds is 4. The highest BCUT2D eigenvalue weighted by molar-refractivity contribution is 5.23. The van der Waals surface area contributed by atoms with Crippen LogP contribution in [0.4, 0.5) is 0 Å². The van der Waals surface area contributed by atoms with Gasteiger partial charge in [0.1, 0.15) is 6.10 Å². The maximum atomic E-state index is 9.66. The van der Waals surface area contributed by atoms with Crippen LogP contribution in [0.5, 0.6) is 5.88 Å². The minimum Gasteiger partial charge on any atom is -0.481 e. The lowest BCUT2D eigenvalue weighted by Crippen LogP contribution is -2.17. The molecular formula is C10H12N2O3. The maximum absolute atomic E-state index is 9.66. The second-order valence-corrected chi connectivity index (χ2v) is 3.01. The Balaban J connectivity index is 2.81. The Morgan fingerprint density at radius 1 is 1.60 bits per heavy atom. The molecule has 15 heavy (non-hydrogen) atoms. The van der Waals surface area contributed by atoms with Crippen molar-refractivity contribution in [2.45, 2.75) is 18.6 Å². The number of ether oxygens (including phenoxy) is 1. The maximum Gasteiger partial charge on any atom is 0.213 e. The predicted octanol–water partition coefficient (Wildman–Crippen LogP) is 0.398. The van der Waals surface area contributed by atoms with Crippen LogP contribution in [0.25, 0.3) is 0 Å². The molecule has 0 aliphatic rings. The molecular weight excluding hydrogens is 196 g/mol. The first-order valence-corrected chi connectivity index (χ1v) is 4.42. The van der Waals surface area contributed by atoms with Gasteiger partial charge in [-0.05, 0) is 11.6 Å². The van der Waals surface area contributed by atoms with Gasteiger partial charge in [0, 0.05) is 12.3 Å². The van der Waals surface area contributed by atoms with Gasteiger partial charge in [0.05, 0.1) is 25.7 Å². The second-order valence-electron chi connectivity index (χ2n) is 3.01. The molecule has 2 N–H and O–H groups in total. The van der Waals surface area contributed by atoms with Gasteiger partial charge in [-0.3, -0.25) is 0 Å². The summed E-state index contributed by atoms with van der Waals surface area (Å²) in [6.07, 6.45) is -0.842. The molecule has 80 valence electrons. The highest BCUT2D eigenvalue weighted by atomic mass is 16.5. The molecule has 5 heteroatoms. The Hall–Kier alpha value is -1.64. The molecule has 2 unspecified atom stereocenters. The van der Waals surface area contributed by atoms with Crippen LogP contribution in [0.3, 0.4) is 0 Å². The van der Waals surface area contributed by atoms with Crippen molar-refractivity contribution in [1.82, 2.24) is 4.98 Å². The largest absolute Gasteiger partial charge is 0.481 e. The van der Waals surface area contributed by atoms with Crippen LogP contribution in [-0.2, 0) is 0 Å². The van der Waals surface area contributed by atoms with Crippen LogP contribution in [0.15, 0.2) is 18.3 Å². The Morgan fingerprint density at radius 2 is 2.33 bits per heavy atom. The minimum atomic E-state index is -1.10. The topological polar surface area (TPSA) is 86.4 Å². The van der Waals surface area contributed by atoms with Crippen molar-refractivity contribution in [3.05, 3.63) is 23.9 Å². The Bertz CT molecular complexity index is 362. The van der Waals surface area contributed by atoms with E-state index in [2.05, 4.69) is 4.98 Å². The fraction of sp³-hybridized carbons (Fsp3) is 0.400. The van der Waals surface area contributed by atoms with E-state index in [-0.39, 0.29) is 6.42 Å². The van der Waals surface area contributed by atoms with E-state index in [1.807, 2.05) is 0 Å². The zero-order valence-corrected chi connectivity index (χ0v) is 8.29. The van der Waals surface area contributed by atoms with Crippen molar-refractivity contribution < 1.29 is 14.9 Å². The number of nitrogens with zero attached hydrogens (tertiary/aromatic N) is 2. The molecule has 1 aromatic heterocycles. The molecule has 0 amide bonds. The van der Waals surface area contributed by atoms with Gasteiger partial charge in [0.2, 0.25) is 5.88 Å². The predicted molar refractivity (Wildman–Crippen MR) is 52.0 cm³/mol. The molecule has 0 spiro atoms. The van der Waals surface area contributed by atoms with Crippen LogP contribution in [0, 0.1) is 11.3 Å². The molecule has 5 nitrogen and oxygen atoms in total. The van der Waals surface area contributed by atoms with Gasteiger partial charge in [-0.15, -0.1) is 0 Å². The molecule has 0 saturated heterocycles. The van der Waals surface area contributed by atoms with E-state index in [9.17, 15) is 10.2 Å². The molecule has 0 aliphatic carbocycles. The Kier molecular flexibility index (Phi) is 4.03. The Morgan fingerprint density at radius 3 is 2.93 bits per heavy atom. The third-order valence-electron chi connectivity index (χ3n) is 1.97. The quantitative estimate of drug-likeness (QED) is 0.747. The van der Waals surface area contributed by atoms with Crippen molar-refractivity contribution in [2.75, 3.05) is 7.11 Å². The molecule has 0 radical (unpaired) electrons. The Labute approximate surface area is 87.6 Å². The molecule has 0 saturated carbocycles. The van der Waals surface area contributed by atoms with Gasteiger partial charge in [-0.1, -0.05) is 0 Å². The van der Waals surface area contributed by atoms with Gasteiger partial charge in [-0.2, -0.15) is 5.26 Å². The summed E-state index contributed by atoms with van der Waals surface area (Å²) >= 11 is 0. The number of aromatic nitrogens is 1. The van der Waals surface area contributed by atoms with E-state index in [1.165, 1.54) is 19.4 Å². The van der Waals surface area contributed by atoms with Gasteiger partial charge in [0.15, 0.2) is 0 Å². The number of aliphatic hydroxyl groups excluding tert-OH is 2. The van der Waals surface area contributed by atoms with Crippen molar-refractivity contribution in [1.29, 1.82) is 5.26 Å². The van der Waals surface area contributed by atoms with E-state index >= 15 is 0 Å². The third kappa shape index (κ3) is 2.91. The summed E-state index contributed by atoms with van der Waals surface area (Å²) in [5.74, 6) is 0.357. The van der Waals surface area contributed by atoms with Crippen molar-refractivity contribution >= 4 is 0 Å². The average molecular weight is 208 g/mol. The molecule has 0 aliphatic heterocycles. The fourth-order valence-electron chi connectivity index (χ4n) is 1.15. The first-order chi connectivity index (χ1) is 7.19. The second kappa shape index (κ2) is 5.29. The summed E-state index contributed by atoms with van der Waals surface area (Å²) in [5, 5.41) is 27.4. The third-order valence-corrected chi connectivity index (χ3v) is 1.97. The lowest BCUT2D eigenvalue weighted by molar-refractivity contribution is 0.0214. The first kappa shape index (κ1) is 11.4. The number of methoxy groups -OCH3 is 1. The van der Waals surface area contributed by atoms with Gasteiger partial charge in [-0.25, -0.2) is 4.98 Å². The van der Waals surface area contributed by atoms with Gasteiger partial charge >= 0.3 is 0 Å². The SMILES string of the molecule is COc1cc(C(O)C(O)CC#N)ccn1. The van der Waals surface area contributed by atoms with Crippen molar-refractivity contribution in [3.63, 3.8) is 0 Å². The normalized spacial score (nSPS) is 14.0. The minimum absolute atomic E-state index is 0.119. The summed E-state index contributed by atoms with van der Waals surface area (Å²) in [6.45, 7) is 0. The molecule has 2 atom stereocenters. The molecule has 1 aromatic rings. The molecule has 0 aromatic carbocycles. The molecule has 0 fully saturated rings. The summed E-state index contributed by atoms with van der Waals surface area (Å²) in [6, 6.07) is 4.87. The monoisotopic (exact) mass is 208 g/mol. The standard InChI is InChI=1S/C10H12N2O3/c1-15-9-6-7(3-5-12-9)10(14)8(13)2-4-11/h3,5-6,8,10,13-14H,2H2,1H3. The van der Waals surface area contributed by atoms with Crippen LogP contribution in [0.1, 0.15) is 18.1 Å². The zero-order valence-electron chi connectivity index (χ0n) is 8.29. The van der Waals surface area contributed by atoms with Crippen LogP contribution in [0.2, 0.25) is 0 Å². The van der Waals surface area contributed by atoms with Gasteiger partial charge < -0.3 is 14.9 Å². The molecule has 1 heterocycles. The average Bonchev–Trinajstić information content (AvgIpc) is 2.28. The van der Waals surface area contributed by atoms with E-state index in [4.69, 9.17) is 10.00 Å². The van der Waals surface area contributed by atoms with Crippen molar-refractivity contribution in [3.8, 4) is 11.9 Å². The van der Waals surface area contributed by atoms with E-state index < -0.39 is 12.2 Å².